The first-order chi connectivity index (χ1) is 13.6. The molecule has 0 unspecified atom stereocenters. The lowest BCUT2D eigenvalue weighted by Crippen LogP contribution is -2.51. The van der Waals surface area contributed by atoms with E-state index in [0.29, 0.717) is 44.4 Å². The first kappa shape index (κ1) is 19.7. The molecule has 0 N–H and O–H groups in total. The van der Waals surface area contributed by atoms with E-state index in [-0.39, 0.29) is 17.7 Å². The predicted octanol–water partition coefficient (Wildman–Crippen LogP) is 3.25. The van der Waals surface area contributed by atoms with Crippen LogP contribution in [-0.4, -0.2) is 61.0 Å². The fourth-order valence-electron chi connectivity index (χ4n) is 5.05. The van der Waals surface area contributed by atoms with Gasteiger partial charge in [0.05, 0.1) is 18.6 Å². The Labute approximate surface area is 172 Å². The van der Waals surface area contributed by atoms with Gasteiger partial charge in [-0.3, -0.25) is 9.59 Å². The number of piperidine rings is 1. The van der Waals surface area contributed by atoms with Gasteiger partial charge in [0.2, 0.25) is 11.8 Å². The summed E-state index contributed by atoms with van der Waals surface area (Å²) in [6, 6.07) is 7.80. The molecule has 6 heteroatoms. The minimum Gasteiger partial charge on any atom is -0.378 e. The highest BCUT2D eigenvalue weighted by molar-refractivity contribution is 6.30. The van der Waals surface area contributed by atoms with Gasteiger partial charge in [0.15, 0.2) is 0 Å². The highest BCUT2D eigenvalue weighted by atomic mass is 35.5. The second-order valence-electron chi connectivity index (χ2n) is 8.30. The zero-order chi connectivity index (χ0) is 19.6. The van der Waals surface area contributed by atoms with Gasteiger partial charge in [0.1, 0.15) is 0 Å². The molecule has 152 valence electrons. The highest BCUT2D eigenvalue weighted by Gasteiger charge is 2.45. The molecule has 0 spiro atoms. The van der Waals surface area contributed by atoms with E-state index in [2.05, 4.69) is 0 Å². The van der Waals surface area contributed by atoms with E-state index >= 15 is 0 Å². The first-order valence-electron chi connectivity index (χ1n) is 10.5. The molecule has 1 aromatic rings. The average Bonchev–Trinajstić information content (AvgIpc) is 3.25. The van der Waals surface area contributed by atoms with Crippen molar-refractivity contribution in [2.75, 3.05) is 39.4 Å². The summed E-state index contributed by atoms with van der Waals surface area (Å²) in [6.07, 6.45) is 5.50. The maximum Gasteiger partial charge on any atom is 0.233 e. The van der Waals surface area contributed by atoms with Crippen LogP contribution >= 0.6 is 11.6 Å². The number of hydrogen-bond donors (Lipinski definition) is 0. The topological polar surface area (TPSA) is 49.9 Å². The predicted molar refractivity (Wildman–Crippen MR) is 108 cm³/mol. The Morgan fingerprint density at radius 1 is 0.929 bits per heavy atom. The van der Waals surface area contributed by atoms with Crippen LogP contribution in [0.3, 0.4) is 0 Å². The van der Waals surface area contributed by atoms with Crippen LogP contribution in [0, 0.1) is 5.92 Å². The van der Waals surface area contributed by atoms with Crippen LogP contribution in [0.4, 0.5) is 0 Å². The van der Waals surface area contributed by atoms with Crippen molar-refractivity contribution in [3.8, 4) is 0 Å². The molecule has 0 radical (unpaired) electrons. The number of amides is 2. The maximum atomic E-state index is 13.6. The first-order valence-corrected chi connectivity index (χ1v) is 10.9. The van der Waals surface area contributed by atoms with E-state index in [9.17, 15) is 9.59 Å². The van der Waals surface area contributed by atoms with E-state index < -0.39 is 5.41 Å². The number of morpholine rings is 1. The number of hydrogen-bond acceptors (Lipinski definition) is 3. The number of carbonyl (C=O) groups is 2. The van der Waals surface area contributed by atoms with Crippen molar-refractivity contribution < 1.29 is 14.3 Å². The molecule has 1 aliphatic carbocycles. The van der Waals surface area contributed by atoms with Gasteiger partial charge in [0.25, 0.3) is 0 Å². The molecule has 1 saturated carbocycles. The molecule has 1 aromatic carbocycles. The molecule has 0 atom stereocenters. The molecule has 2 saturated heterocycles. The molecule has 2 heterocycles. The molecular formula is C22H29ClN2O3. The van der Waals surface area contributed by atoms with Gasteiger partial charge < -0.3 is 14.5 Å². The minimum atomic E-state index is -0.411. The molecule has 5 nitrogen and oxygen atoms in total. The summed E-state index contributed by atoms with van der Waals surface area (Å²) in [5, 5.41) is 0.701. The zero-order valence-corrected chi connectivity index (χ0v) is 17.1. The molecule has 0 bridgehead atoms. The summed E-state index contributed by atoms with van der Waals surface area (Å²) in [7, 11) is 0. The second-order valence-corrected chi connectivity index (χ2v) is 8.74. The Kier molecular flexibility index (Phi) is 5.93. The number of nitrogens with zero attached hydrogens (tertiary/aromatic N) is 2. The van der Waals surface area contributed by atoms with Gasteiger partial charge in [-0.2, -0.15) is 0 Å². The molecule has 2 aliphatic heterocycles. The number of likely N-dealkylation sites (tertiary alicyclic amines) is 1. The van der Waals surface area contributed by atoms with Crippen LogP contribution in [-0.2, 0) is 19.7 Å². The van der Waals surface area contributed by atoms with Crippen LogP contribution in [0.2, 0.25) is 5.02 Å². The van der Waals surface area contributed by atoms with E-state index in [0.717, 1.165) is 44.1 Å². The van der Waals surface area contributed by atoms with Crippen LogP contribution in [0.5, 0.6) is 0 Å². The van der Waals surface area contributed by atoms with Crippen molar-refractivity contribution in [3.05, 3.63) is 34.9 Å². The number of carbonyl (C=O) groups excluding carboxylic acids is 2. The van der Waals surface area contributed by atoms with Crippen molar-refractivity contribution >= 4 is 23.4 Å². The quantitative estimate of drug-likeness (QED) is 0.777. The van der Waals surface area contributed by atoms with Gasteiger partial charge in [-0.05, 0) is 43.4 Å². The molecule has 28 heavy (non-hydrogen) atoms. The Balaban J connectivity index is 1.42. The number of rotatable bonds is 3. The second kappa shape index (κ2) is 8.42. The van der Waals surface area contributed by atoms with Gasteiger partial charge in [0, 0.05) is 37.1 Å². The fourth-order valence-corrected chi connectivity index (χ4v) is 5.17. The summed E-state index contributed by atoms with van der Waals surface area (Å²) < 4.78 is 5.35. The smallest absolute Gasteiger partial charge is 0.233 e. The van der Waals surface area contributed by atoms with Gasteiger partial charge >= 0.3 is 0 Å². The number of benzene rings is 1. The van der Waals surface area contributed by atoms with Crippen LogP contribution in [0.15, 0.2) is 24.3 Å². The maximum absolute atomic E-state index is 13.6. The van der Waals surface area contributed by atoms with Gasteiger partial charge in [-0.15, -0.1) is 0 Å². The number of halogens is 1. The summed E-state index contributed by atoms with van der Waals surface area (Å²) in [6.45, 7) is 4.00. The largest absolute Gasteiger partial charge is 0.378 e. The molecule has 3 aliphatic rings. The Bertz CT molecular complexity index is 701. The van der Waals surface area contributed by atoms with Crippen molar-refractivity contribution in [3.63, 3.8) is 0 Å². The average molecular weight is 405 g/mol. The Morgan fingerprint density at radius 3 is 2.14 bits per heavy atom. The lowest BCUT2D eigenvalue weighted by molar-refractivity contribution is -0.145. The van der Waals surface area contributed by atoms with E-state index in [1.807, 2.05) is 34.1 Å². The van der Waals surface area contributed by atoms with E-state index in [1.54, 1.807) is 0 Å². The van der Waals surface area contributed by atoms with Crippen molar-refractivity contribution in [2.24, 2.45) is 5.92 Å². The van der Waals surface area contributed by atoms with Crippen LogP contribution in [0.1, 0.15) is 44.1 Å². The van der Waals surface area contributed by atoms with Crippen molar-refractivity contribution in [1.29, 1.82) is 0 Å². The molecule has 4 rings (SSSR count). The van der Waals surface area contributed by atoms with Crippen LogP contribution in [0.25, 0.3) is 0 Å². The Hall–Kier alpha value is -1.59. The zero-order valence-electron chi connectivity index (χ0n) is 16.4. The molecular weight excluding hydrogens is 376 g/mol. The normalized spacial score (nSPS) is 23.0. The van der Waals surface area contributed by atoms with Crippen molar-refractivity contribution in [1.82, 2.24) is 9.80 Å². The fraction of sp³-hybridized carbons (Fsp3) is 0.636. The minimum absolute atomic E-state index is 0.0391. The SMILES string of the molecule is O=C(C1CCN(C(=O)C2(c3ccc(Cl)cc3)CCCC2)CC1)N1CCOCC1. The summed E-state index contributed by atoms with van der Waals surface area (Å²) in [4.78, 5) is 30.3. The van der Waals surface area contributed by atoms with E-state index in [1.165, 1.54) is 0 Å². The standard InChI is InChI=1S/C22H29ClN2O3/c23-19-5-3-18(4-6-19)22(9-1-2-10-22)21(27)25-11-7-17(8-12-25)20(26)24-13-15-28-16-14-24/h3-6,17H,1-2,7-16H2. The third-order valence-corrected chi connectivity index (χ3v) is 6.97. The van der Waals surface area contributed by atoms with Crippen molar-refractivity contribution in [2.45, 2.75) is 43.9 Å². The summed E-state index contributed by atoms with van der Waals surface area (Å²) >= 11 is 6.06. The van der Waals surface area contributed by atoms with E-state index in [4.69, 9.17) is 16.3 Å². The third kappa shape index (κ3) is 3.79. The third-order valence-electron chi connectivity index (χ3n) is 6.72. The monoisotopic (exact) mass is 404 g/mol. The summed E-state index contributed by atoms with van der Waals surface area (Å²) in [5.41, 5.74) is 0.678. The highest BCUT2D eigenvalue weighted by Crippen LogP contribution is 2.43. The lowest BCUT2D eigenvalue weighted by atomic mass is 9.77. The van der Waals surface area contributed by atoms with Crippen LogP contribution < -0.4 is 0 Å². The van der Waals surface area contributed by atoms with Gasteiger partial charge in [-0.1, -0.05) is 36.6 Å². The van der Waals surface area contributed by atoms with Gasteiger partial charge in [-0.25, -0.2) is 0 Å². The lowest BCUT2D eigenvalue weighted by Gasteiger charge is -2.39. The number of ether oxygens (including phenoxy) is 1. The molecule has 0 aromatic heterocycles. The Morgan fingerprint density at radius 2 is 1.54 bits per heavy atom. The molecule has 3 fully saturated rings. The summed E-state index contributed by atoms with van der Waals surface area (Å²) in [5.74, 6) is 0.519. The molecule has 2 amide bonds.